The first-order valence-electron chi connectivity index (χ1n) is 6.14. The fourth-order valence-electron chi connectivity index (χ4n) is 3.00. The van der Waals surface area contributed by atoms with Crippen molar-refractivity contribution in [1.82, 2.24) is 15.1 Å². The number of aromatic nitrogens is 2. The van der Waals surface area contributed by atoms with E-state index in [1.165, 1.54) is 11.3 Å². The first-order valence-corrected chi connectivity index (χ1v) is 6.14. The van der Waals surface area contributed by atoms with Gasteiger partial charge < -0.3 is 4.74 Å². The molecule has 4 heteroatoms. The Morgan fingerprint density at radius 3 is 3.19 bits per heavy atom. The van der Waals surface area contributed by atoms with E-state index in [4.69, 9.17) is 4.74 Å². The number of H-pyrrole nitrogens is 1. The molecule has 1 saturated heterocycles. The highest BCUT2D eigenvalue weighted by atomic mass is 16.5. The molecular weight excluding hydrogens is 202 g/mol. The quantitative estimate of drug-likeness (QED) is 0.768. The van der Waals surface area contributed by atoms with Gasteiger partial charge in [-0.25, -0.2) is 0 Å². The number of ether oxygens (including phenoxy) is 1. The van der Waals surface area contributed by atoms with Crippen LogP contribution in [-0.2, 0) is 17.6 Å². The second-order valence-corrected chi connectivity index (χ2v) is 5.07. The predicted octanol–water partition coefficient (Wildman–Crippen LogP) is 0.986. The maximum atomic E-state index is 5.89. The fourth-order valence-corrected chi connectivity index (χ4v) is 3.00. The molecule has 0 saturated carbocycles. The molecular formula is C12H19N3O. The summed E-state index contributed by atoms with van der Waals surface area (Å²) in [5, 5.41) is 7.26. The highest BCUT2D eigenvalue weighted by molar-refractivity contribution is 5.23. The van der Waals surface area contributed by atoms with Crippen LogP contribution in [-0.4, -0.2) is 46.4 Å². The zero-order valence-electron chi connectivity index (χ0n) is 9.94. The van der Waals surface area contributed by atoms with Gasteiger partial charge in [0.1, 0.15) is 0 Å². The normalized spacial score (nSPS) is 30.2. The van der Waals surface area contributed by atoms with Crippen molar-refractivity contribution < 1.29 is 4.74 Å². The average molecular weight is 221 g/mol. The predicted molar refractivity (Wildman–Crippen MR) is 61.4 cm³/mol. The minimum Gasteiger partial charge on any atom is -0.375 e. The molecule has 1 aliphatic carbocycles. The van der Waals surface area contributed by atoms with Crippen LogP contribution < -0.4 is 0 Å². The number of nitrogens with zero attached hydrogens (tertiary/aromatic N) is 2. The van der Waals surface area contributed by atoms with Gasteiger partial charge in [-0.2, -0.15) is 5.10 Å². The van der Waals surface area contributed by atoms with Crippen LogP contribution in [0.1, 0.15) is 25.1 Å². The molecule has 4 nitrogen and oxygen atoms in total. The molecule has 0 spiro atoms. The Balaban J connectivity index is 1.87. The summed E-state index contributed by atoms with van der Waals surface area (Å²) < 4.78 is 5.89. The van der Waals surface area contributed by atoms with Crippen LogP contribution in [0.4, 0.5) is 0 Å². The summed E-state index contributed by atoms with van der Waals surface area (Å²) in [6.07, 6.45) is 4.42. The van der Waals surface area contributed by atoms with Crippen LogP contribution in [0.25, 0.3) is 0 Å². The molecule has 3 rings (SSSR count). The lowest BCUT2D eigenvalue weighted by molar-refractivity contribution is -0.0849. The lowest BCUT2D eigenvalue weighted by Crippen LogP contribution is -2.56. The minimum absolute atomic E-state index is 0.340. The molecule has 1 aliphatic heterocycles. The molecule has 0 bridgehead atoms. The largest absolute Gasteiger partial charge is 0.375 e. The van der Waals surface area contributed by atoms with Gasteiger partial charge in [-0.3, -0.25) is 10.00 Å². The first kappa shape index (κ1) is 10.3. The highest BCUT2D eigenvalue weighted by Gasteiger charge is 2.38. The molecule has 0 aromatic carbocycles. The summed E-state index contributed by atoms with van der Waals surface area (Å²) in [5.74, 6) is 0. The van der Waals surface area contributed by atoms with Gasteiger partial charge in [0.05, 0.1) is 18.4 Å². The molecule has 16 heavy (non-hydrogen) atoms. The number of rotatable bonds is 1. The van der Waals surface area contributed by atoms with Crippen LogP contribution in [0.5, 0.6) is 0 Å². The fraction of sp³-hybridized carbons (Fsp3) is 0.750. The maximum absolute atomic E-state index is 5.89. The van der Waals surface area contributed by atoms with Gasteiger partial charge in [0.25, 0.3) is 0 Å². The Morgan fingerprint density at radius 2 is 2.38 bits per heavy atom. The molecule has 1 aromatic rings. The topological polar surface area (TPSA) is 41.1 Å². The summed E-state index contributed by atoms with van der Waals surface area (Å²) in [6.45, 7) is 6.46. The van der Waals surface area contributed by atoms with Crippen LogP contribution >= 0.6 is 0 Å². The highest BCUT2D eigenvalue weighted by Crippen LogP contribution is 2.28. The SMILES string of the molecule is CC(C)N1CCOC2Cc3n[nH]cc3CC21. The van der Waals surface area contributed by atoms with Crippen molar-refractivity contribution in [1.29, 1.82) is 0 Å². The number of aromatic amines is 1. The molecule has 1 fully saturated rings. The summed E-state index contributed by atoms with van der Waals surface area (Å²) in [4.78, 5) is 2.57. The van der Waals surface area contributed by atoms with E-state index < -0.39 is 0 Å². The Kier molecular flexibility index (Phi) is 2.48. The van der Waals surface area contributed by atoms with Crippen molar-refractivity contribution in [3.05, 3.63) is 17.5 Å². The van der Waals surface area contributed by atoms with Crippen molar-refractivity contribution in [2.45, 2.75) is 44.9 Å². The van der Waals surface area contributed by atoms with E-state index in [1.807, 2.05) is 6.20 Å². The van der Waals surface area contributed by atoms with Crippen LogP contribution in [0.3, 0.4) is 0 Å². The van der Waals surface area contributed by atoms with Gasteiger partial charge in [-0.05, 0) is 25.8 Å². The third-order valence-electron chi connectivity index (χ3n) is 3.83. The number of nitrogens with one attached hydrogen (secondary N) is 1. The van der Waals surface area contributed by atoms with Crippen LogP contribution in [0, 0.1) is 0 Å². The van der Waals surface area contributed by atoms with Crippen molar-refractivity contribution >= 4 is 0 Å². The standard InChI is InChI=1S/C12H19N3O/c1-8(2)15-3-4-16-12-6-10-9(5-11(12)15)7-13-14-10/h7-8,11-12H,3-6H2,1-2H3,(H,13,14). The Labute approximate surface area is 96.0 Å². The van der Waals surface area contributed by atoms with Gasteiger partial charge in [-0.15, -0.1) is 0 Å². The van der Waals surface area contributed by atoms with E-state index in [0.717, 1.165) is 26.0 Å². The summed E-state index contributed by atoms with van der Waals surface area (Å²) in [5.41, 5.74) is 2.57. The second-order valence-electron chi connectivity index (χ2n) is 5.07. The van der Waals surface area contributed by atoms with E-state index in [1.54, 1.807) is 0 Å². The lowest BCUT2D eigenvalue weighted by atomic mass is 9.88. The van der Waals surface area contributed by atoms with Gasteiger partial charge in [-0.1, -0.05) is 0 Å². The number of hydrogen-bond donors (Lipinski definition) is 1. The Morgan fingerprint density at radius 1 is 1.50 bits per heavy atom. The van der Waals surface area contributed by atoms with E-state index in [2.05, 4.69) is 28.9 Å². The van der Waals surface area contributed by atoms with E-state index >= 15 is 0 Å². The van der Waals surface area contributed by atoms with Gasteiger partial charge in [0.15, 0.2) is 0 Å². The van der Waals surface area contributed by atoms with E-state index in [-0.39, 0.29) is 0 Å². The molecule has 2 atom stereocenters. The van der Waals surface area contributed by atoms with Gasteiger partial charge in [0.2, 0.25) is 0 Å². The zero-order valence-corrected chi connectivity index (χ0v) is 9.94. The smallest absolute Gasteiger partial charge is 0.0790 e. The molecule has 0 radical (unpaired) electrons. The number of hydrogen-bond acceptors (Lipinski definition) is 3. The molecule has 2 aliphatic rings. The zero-order chi connectivity index (χ0) is 11.1. The monoisotopic (exact) mass is 221 g/mol. The van der Waals surface area contributed by atoms with Gasteiger partial charge in [0, 0.05) is 31.2 Å². The molecule has 2 unspecified atom stereocenters. The maximum Gasteiger partial charge on any atom is 0.0790 e. The second kappa shape index (κ2) is 3.86. The summed E-state index contributed by atoms with van der Waals surface area (Å²) >= 11 is 0. The van der Waals surface area contributed by atoms with E-state index in [0.29, 0.717) is 18.2 Å². The molecule has 88 valence electrons. The number of fused-ring (bicyclic) bond motifs is 2. The summed E-state index contributed by atoms with van der Waals surface area (Å²) in [6, 6.07) is 1.14. The third-order valence-corrected chi connectivity index (χ3v) is 3.83. The Hall–Kier alpha value is -0.870. The van der Waals surface area contributed by atoms with Crippen LogP contribution in [0.2, 0.25) is 0 Å². The lowest BCUT2D eigenvalue weighted by Gasteiger charge is -2.45. The molecule has 1 N–H and O–H groups in total. The first-order chi connectivity index (χ1) is 7.75. The Bertz CT molecular complexity index is 374. The molecule has 0 amide bonds. The van der Waals surface area contributed by atoms with Crippen molar-refractivity contribution in [3.63, 3.8) is 0 Å². The van der Waals surface area contributed by atoms with Crippen molar-refractivity contribution in [2.24, 2.45) is 0 Å². The number of morpholine rings is 1. The third kappa shape index (κ3) is 1.57. The van der Waals surface area contributed by atoms with Crippen molar-refractivity contribution in [2.75, 3.05) is 13.2 Å². The average Bonchev–Trinajstić information content (AvgIpc) is 2.71. The van der Waals surface area contributed by atoms with E-state index in [9.17, 15) is 0 Å². The van der Waals surface area contributed by atoms with Gasteiger partial charge >= 0.3 is 0 Å². The molecule has 1 aromatic heterocycles. The summed E-state index contributed by atoms with van der Waals surface area (Å²) in [7, 11) is 0. The minimum atomic E-state index is 0.340. The van der Waals surface area contributed by atoms with Crippen molar-refractivity contribution in [3.8, 4) is 0 Å². The van der Waals surface area contributed by atoms with Crippen LogP contribution in [0.15, 0.2) is 6.20 Å². The molecule has 2 heterocycles.